The molecule has 1 heterocycles. The van der Waals surface area contributed by atoms with Crippen LogP contribution in [0.5, 0.6) is 0 Å². The smallest absolute Gasteiger partial charge is 0.377 e. The molecule has 0 aromatic heterocycles. The van der Waals surface area contributed by atoms with Gasteiger partial charge in [-0.05, 0) is 19.3 Å². The molecular formula is C14H18F2O6. The minimum Gasteiger partial charge on any atom is -0.454 e. The van der Waals surface area contributed by atoms with E-state index in [9.17, 15) is 18.4 Å². The molecule has 0 N–H and O–H groups in total. The molecule has 3 aliphatic rings. The van der Waals surface area contributed by atoms with E-state index in [1.54, 1.807) is 0 Å². The van der Waals surface area contributed by atoms with Crippen LogP contribution in [0.25, 0.3) is 0 Å². The van der Waals surface area contributed by atoms with Crippen LogP contribution in [0.4, 0.5) is 8.78 Å². The Morgan fingerprint density at radius 2 is 1.95 bits per heavy atom. The van der Waals surface area contributed by atoms with Crippen LogP contribution >= 0.6 is 0 Å². The van der Waals surface area contributed by atoms with Crippen LogP contribution in [0.3, 0.4) is 0 Å². The van der Waals surface area contributed by atoms with Crippen LogP contribution in [0.15, 0.2) is 0 Å². The molecule has 22 heavy (non-hydrogen) atoms. The molecule has 1 spiro atoms. The number of alkyl halides is 2. The fourth-order valence-corrected chi connectivity index (χ4v) is 3.67. The maximum atomic E-state index is 12.7. The van der Waals surface area contributed by atoms with Crippen molar-refractivity contribution >= 4 is 11.9 Å². The van der Waals surface area contributed by atoms with E-state index in [1.807, 2.05) is 0 Å². The summed E-state index contributed by atoms with van der Waals surface area (Å²) in [7, 11) is 0. The number of carbonyl (C=O) groups is 2. The first kappa shape index (κ1) is 15.6. The zero-order chi connectivity index (χ0) is 16.0. The third-order valence-corrected chi connectivity index (χ3v) is 4.54. The van der Waals surface area contributed by atoms with Gasteiger partial charge in [-0.1, -0.05) is 0 Å². The predicted octanol–water partition coefficient (Wildman–Crippen LogP) is 1.27. The van der Waals surface area contributed by atoms with Gasteiger partial charge in [-0.2, -0.15) is 8.78 Å². The van der Waals surface area contributed by atoms with E-state index >= 15 is 0 Å². The lowest BCUT2D eigenvalue weighted by molar-refractivity contribution is -0.253. The third-order valence-electron chi connectivity index (χ3n) is 4.54. The Morgan fingerprint density at radius 3 is 2.59 bits per heavy atom. The highest BCUT2D eigenvalue weighted by Gasteiger charge is 2.64. The van der Waals surface area contributed by atoms with Crippen molar-refractivity contribution in [2.45, 2.75) is 44.0 Å². The largest absolute Gasteiger partial charge is 0.454 e. The summed E-state index contributed by atoms with van der Waals surface area (Å²) in [6, 6.07) is 0. The number of rotatable bonds is 4. The number of carbonyl (C=O) groups excluding carboxylic acids is 2. The van der Waals surface area contributed by atoms with Gasteiger partial charge in [0.25, 0.3) is 0 Å². The van der Waals surface area contributed by atoms with Crippen molar-refractivity contribution in [3.63, 3.8) is 0 Å². The van der Waals surface area contributed by atoms with E-state index in [1.165, 1.54) is 0 Å². The van der Waals surface area contributed by atoms with E-state index < -0.39 is 36.4 Å². The molecule has 2 bridgehead atoms. The number of hydrogen-bond donors (Lipinski definition) is 0. The molecule has 0 aromatic carbocycles. The average molecular weight is 320 g/mol. The van der Waals surface area contributed by atoms with Crippen LogP contribution in [-0.2, 0) is 28.5 Å². The van der Waals surface area contributed by atoms with Crippen molar-refractivity contribution in [3.8, 4) is 0 Å². The normalized spacial score (nSPS) is 32.4. The van der Waals surface area contributed by atoms with Gasteiger partial charge < -0.3 is 18.9 Å². The van der Waals surface area contributed by atoms with Crippen LogP contribution in [0.1, 0.15) is 26.2 Å². The molecule has 2 saturated carbocycles. The van der Waals surface area contributed by atoms with Gasteiger partial charge in [-0.25, -0.2) is 9.59 Å². The summed E-state index contributed by atoms with van der Waals surface area (Å²) in [4.78, 5) is 22.7. The number of halogens is 2. The van der Waals surface area contributed by atoms with Gasteiger partial charge in [0.05, 0.1) is 13.2 Å². The zero-order valence-corrected chi connectivity index (χ0v) is 12.2. The van der Waals surface area contributed by atoms with Crippen molar-refractivity contribution in [1.29, 1.82) is 0 Å². The number of esters is 2. The van der Waals surface area contributed by atoms with Gasteiger partial charge in [0.2, 0.25) is 5.79 Å². The van der Waals surface area contributed by atoms with Crippen molar-refractivity contribution in [1.82, 2.24) is 0 Å². The zero-order valence-electron chi connectivity index (χ0n) is 12.2. The second-order valence-electron chi connectivity index (χ2n) is 6.06. The average Bonchev–Trinajstić information content (AvgIpc) is 3.14. The summed E-state index contributed by atoms with van der Waals surface area (Å²) in [6.07, 6.45) is 2.15. The number of hydrogen-bond acceptors (Lipinski definition) is 6. The maximum absolute atomic E-state index is 12.7. The lowest BCUT2D eigenvalue weighted by Crippen LogP contribution is -2.50. The molecule has 3 atom stereocenters. The molecule has 1 saturated heterocycles. The fraction of sp³-hybridized carbons (Fsp3) is 0.857. The molecule has 2 aliphatic carbocycles. The minimum atomic E-state index is -3.63. The Kier molecular flexibility index (Phi) is 3.84. The highest BCUT2D eigenvalue weighted by molar-refractivity contribution is 5.80. The summed E-state index contributed by atoms with van der Waals surface area (Å²) in [5.74, 6) is -6.84. The minimum absolute atomic E-state index is 0.135. The molecular weight excluding hydrogens is 302 g/mol. The number of fused-ring (bicyclic) bond motifs is 3. The Bertz CT molecular complexity index is 468. The Hall–Kier alpha value is -1.28. The Morgan fingerprint density at radius 1 is 1.27 bits per heavy atom. The first-order valence-corrected chi connectivity index (χ1v) is 7.35. The Labute approximate surface area is 126 Å². The topological polar surface area (TPSA) is 71.1 Å². The summed E-state index contributed by atoms with van der Waals surface area (Å²) in [6.45, 7) is 0.445. The monoisotopic (exact) mass is 320 g/mol. The van der Waals surface area contributed by atoms with Gasteiger partial charge in [0.15, 0.2) is 12.7 Å². The van der Waals surface area contributed by atoms with Gasteiger partial charge in [0.1, 0.15) is 0 Å². The molecule has 6 nitrogen and oxygen atoms in total. The standard InChI is InChI=1S/C14H18F2O6/c1-13(15,16)12(18)19-7-10(17)22-11-8-2-3-9(6-8)14(11)20-4-5-21-14/h8-9,11H,2-7H2,1H3. The predicted molar refractivity (Wildman–Crippen MR) is 66.9 cm³/mol. The summed E-state index contributed by atoms with van der Waals surface area (Å²) in [5.41, 5.74) is 0. The van der Waals surface area contributed by atoms with Crippen molar-refractivity contribution in [2.24, 2.45) is 11.8 Å². The van der Waals surface area contributed by atoms with E-state index in [2.05, 4.69) is 4.74 Å². The van der Waals surface area contributed by atoms with Gasteiger partial charge >= 0.3 is 17.9 Å². The molecule has 124 valence electrons. The molecule has 0 radical (unpaired) electrons. The maximum Gasteiger partial charge on any atom is 0.377 e. The highest BCUT2D eigenvalue weighted by atomic mass is 19.3. The molecule has 1 aliphatic heterocycles. The summed E-state index contributed by atoms with van der Waals surface area (Å²) >= 11 is 0. The molecule has 8 heteroatoms. The molecule has 3 unspecified atom stereocenters. The van der Waals surface area contributed by atoms with Crippen LogP contribution in [-0.4, -0.2) is 49.6 Å². The summed E-state index contributed by atoms with van der Waals surface area (Å²) in [5, 5.41) is 0. The highest BCUT2D eigenvalue weighted by Crippen LogP contribution is 2.55. The van der Waals surface area contributed by atoms with E-state index in [-0.39, 0.29) is 11.8 Å². The molecule has 3 fully saturated rings. The Balaban J connectivity index is 1.58. The van der Waals surface area contributed by atoms with Crippen LogP contribution < -0.4 is 0 Å². The first-order chi connectivity index (χ1) is 10.3. The van der Waals surface area contributed by atoms with E-state index in [4.69, 9.17) is 14.2 Å². The van der Waals surface area contributed by atoms with Gasteiger partial charge in [-0.3, -0.25) is 0 Å². The van der Waals surface area contributed by atoms with Gasteiger partial charge in [0, 0.05) is 18.8 Å². The summed E-state index contributed by atoms with van der Waals surface area (Å²) < 4.78 is 46.3. The van der Waals surface area contributed by atoms with Crippen molar-refractivity contribution < 1.29 is 37.3 Å². The van der Waals surface area contributed by atoms with Crippen molar-refractivity contribution in [2.75, 3.05) is 19.8 Å². The lowest BCUT2D eigenvalue weighted by atomic mass is 9.91. The second-order valence-corrected chi connectivity index (χ2v) is 6.06. The molecule has 0 amide bonds. The fourth-order valence-electron chi connectivity index (χ4n) is 3.67. The number of ether oxygens (including phenoxy) is 4. The van der Waals surface area contributed by atoms with Crippen LogP contribution in [0.2, 0.25) is 0 Å². The quantitative estimate of drug-likeness (QED) is 0.727. The lowest BCUT2D eigenvalue weighted by Gasteiger charge is -2.38. The van der Waals surface area contributed by atoms with Crippen molar-refractivity contribution in [3.05, 3.63) is 0 Å². The van der Waals surface area contributed by atoms with Crippen LogP contribution in [0, 0.1) is 11.8 Å². The van der Waals surface area contributed by atoms with E-state index in [0.29, 0.717) is 20.1 Å². The molecule has 3 rings (SSSR count). The first-order valence-electron chi connectivity index (χ1n) is 7.35. The third kappa shape index (κ3) is 2.58. The molecule has 0 aromatic rings. The second kappa shape index (κ2) is 5.42. The SMILES string of the molecule is CC(F)(F)C(=O)OCC(=O)OC1C2CCC(C2)C12OCCO2. The van der Waals surface area contributed by atoms with E-state index in [0.717, 1.165) is 19.3 Å². The van der Waals surface area contributed by atoms with Gasteiger partial charge in [-0.15, -0.1) is 0 Å².